The molecule has 7 aromatic rings. The van der Waals surface area contributed by atoms with Gasteiger partial charge in [0.2, 0.25) is 0 Å². The fourth-order valence-corrected chi connectivity index (χ4v) is 5.47. The summed E-state index contributed by atoms with van der Waals surface area (Å²) in [4.78, 5) is 9.52. The minimum Gasteiger partial charge on any atom is -0.503 e. The number of fused-ring (bicyclic) bond motifs is 8. The van der Waals surface area contributed by atoms with Gasteiger partial charge in [0.25, 0.3) is 0 Å². The third kappa shape index (κ3) is 3.50. The molecule has 0 saturated carbocycles. The van der Waals surface area contributed by atoms with E-state index in [4.69, 9.17) is 9.72 Å². The zero-order valence-corrected chi connectivity index (χ0v) is 22.4. The Hall–Kier alpha value is -4.21. The Bertz CT molecular complexity index is 1970. The number of rotatable bonds is 3. The quantitative estimate of drug-likeness (QED) is 0.188. The van der Waals surface area contributed by atoms with Crippen LogP contribution in [0, 0.1) is 12.1 Å². The molecule has 1 aliphatic rings. The third-order valence-electron chi connectivity index (χ3n) is 7.14. The van der Waals surface area contributed by atoms with Crippen LogP contribution in [0.3, 0.4) is 0 Å². The number of benzene rings is 4. The van der Waals surface area contributed by atoms with Gasteiger partial charge in [-0.25, -0.2) is 4.98 Å². The number of nitrogens with zero attached hydrogens (tertiary/aromatic N) is 4. The molecule has 38 heavy (non-hydrogen) atoms. The summed E-state index contributed by atoms with van der Waals surface area (Å²) in [7, 11) is 0. The van der Waals surface area contributed by atoms with Crippen molar-refractivity contribution in [3.05, 3.63) is 115 Å². The number of pyridine rings is 1. The zero-order chi connectivity index (χ0) is 24.3. The van der Waals surface area contributed by atoms with Crippen LogP contribution in [-0.4, -0.2) is 19.1 Å². The molecule has 184 valence electrons. The molecule has 0 atom stereocenters. The van der Waals surface area contributed by atoms with E-state index in [1.165, 1.54) is 5.56 Å². The number of imidazole rings is 1. The van der Waals surface area contributed by atoms with Gasteiger partial charge in [-0.2, -0.15) is 6.07 Å². The van der Waals surface area contributed by atoms with E-state index in [0.717, 1.165) is 63.0 Å². The Labute approximate surface area is 233 Å². The number of hydrogen-bond donors (Lipinski definition) is 0. The number of aromatic nitrogens is 4. The number of aryl methyl sites for hydroxylation is 2. The summed E-state index contributed by atoms with van der Waals surface area (Å²) < 4.78 is 10.8. The second-order valence-corrected chi connectivity index (χ2v) is 9.28. The molecule has 0 saturated heterocycles. The molecule has 8 rings (SSSR count). The standard InChI is InChI=1S/C32H20N4O.Pt/c1-3-9-28-24(7-1)25-15-14-23(20-30(25)36(28)31-11-5-6-17-33-31)37-22-13-12-21-16-18-35-29-10-4-2-8-27(29)34-32(35)26(21)19-22;/h1-15,17H,16,18H2;/q-2;+2. The first-order valence-corrected chi connectivity index (χ1v) is 12.4. The molecule has 0 unspecified atom stereocenters. The molecule has 4 heterocycles. The predicted octanol–water partition coefficient (Wildman–Crippen LogP) is 7.14. The Kier molecular flexibility index (Phi) is 5.41. The first-order valence-electron chi connectivity index (χ1n) is 12.4. The Balaban J connectivity index is 0.00000242. The van der Waals surface area contributed by atoms with E-state index in [0.29, 0.717) is 11.5 Å². The molecular weight excluding hydrogens is 651 g/mol. The molecule has 3 aromatic heterocycles. The average Bonchev–Trinajstić information content (AvgIpc) is 3.49. The van der Waals surface area contributed by atoms with Crippen molar-refractivity contribution in [1.82, 2.24) is 19.1 Å². The molecule has 0 fully saturated rings. The van der Waals surface area contributed by atoms with Crippen LogP contribution >= 0.6 is 0 Å². The molecule has 6 heteroatoms. The van der Waals surface area contributed by atoms with Crippen LogP contribution in [-0.2, 0) is 34.0 Å². The van der Waals surface area contributed by atoms with Crippen LogP contribution < -0.4 is 4.74 Å². The number of hydrogen-bond acceptors (Lipinski definition) is 3. The molecule has 5 nitrogen and oxygen atoms in total. The van der Waals surface area contributed by atoms with Crippen molar-refractivity contribution in [2.75, 3.05) is 0 Å². The van der Waals surface area contributed by atoms with Gasteiger partial charge in [0.05, 0.1) is 16.9 Å². The summed E-state index contributed by atoms with van der Waals surface area (Å²) >= 11 is 0. The maximum atomic E-state index is 6.35. The van der Waals surface area contributed by atoms with Crippen LogP contribution in [0.25, 0.3) is 50.0 Å². The Morgan fingerprint density at radius 1 is 0.737 bits per heavy atom. The van der Waals surface area contributed by atoms with Crippen LogP contribution in [0.1, 0.15) is 5.56 Å². The minimum atomic E-state index is 0. The van der Waals surface area contributed by atoms with Gasteiger partial charge in [0.1, 0.15) is 5.82 Å². The summed E-state index contributed by atoms with van der Waals surface area (Å²) in [6, 6.07) is 37.8. The molecule has 4 aromatic carbocycles. The third-order valence-corrected chi connectivity index (χ3v) is 7.14. The van der Waals surface area contributed by atoms with Crippen molar-refractivity contribution >= 4 is 32.8 Å². The first-order chi connectivity index (χ1) is 18.3. The van der Waals surface area contributed by atoms with Gasteiger partial charge in [-0.3, -0.25) is 4.98 Å². The summed E-state index contributed by atoms with van der Waals surface area (Å²) in [6.45, 7) is 0.916. The fraction of sp³-hybridized carbons (Fsp3) is 0.0625. The predicted molar refractivity (Wildman–Crippen MR) is 145 cm³/mol. The topological polar surface area (TPSA) is 44.9 Å². The van der Waals surface area contributed by atoms with Crippen LogP contribution in [0.4, 0.5) is 0 Å². The molecule has 0 N–H and O–H groups in total. The van der Waals surface area contributed by atoms with Crippen molar-refractivity contribution in [2.24, 2.45) is 0 Å². The largest absolute Gasteiger partial charge is 2.00 e. The maximum absolute atomic E-state index is 6.35. The maximum Gasteiger partial charge on any atom is 2.00 e. The molecule has 0 bridgehead atoms. The van der Waals surface area contributed by atoms with Gasteiger partial charge in [-0.05, 0) is 42.1 Å². The normalized spacial score (nSPS) is 12.3. The van der Waals surface area contributed by atoms with Crippen LogP contribution in [0.2, 0.25) is 0 Å². The van der Waals surface area contributed by atoms with Gasteiger partial charge in [-0.15, -0.1) is 40.8 Å². The van der Waals surface area contributed by atoms with Crippen molar-refractivity contribution in [1.29, 1.82) is 0 Å². The van der Waals surface area contributed by atoms with Gasteiger partial charge in [-0.1, -0.05) is 48.0 Å². The van der Waals surface area contributed by atoms with E-state index in [2.05, 4.69) is 74.8 Å². The van der Waals surface area contributed by atoms with Crippen molar-refractivity contribution in [2.45, 2.75) is 13.0 Å². The van der Waals surface area contributed by atoms with Crippen LogP contribution in [0.5, 0.6) is 11.5 Å². The van der Waals surface area contributed by atoms with Gasteiger partial charge >= 0.3 is 21.1 Å². The fourth-order valence-electron chi connectivity index (χ4n) is 5.47. The monoisotopic (exact) mass is 671 g/mol. The van der Waals surface area contributed by atoms with Crippen molar-refractivity contribution < 1.29 is 25.8 Å². The summed E-state index contributed by atoms with van der Waals surface area (Å²) in [5.74, 6) is 3.08. The molecular formula is C32H20N4OPt. The molecule has 0 radical (unpaired) electrons. The van der Waals surface area contributed by atoms with E-state index in [9.17, 15) is 0 Å². The molecule has 0 spiro atoms. The van der Waals surface area contributed by atoms with Gasteiger partial charge in [0, 0.05) is 29.8 Å². The summed E-state index contributed by atoms with van der Waals surface area (Å²) in [5, 5.41) is 2.27. The molecule has 0 amide bonds. The Morgan fingerprint density at radius 3 is 2.42 bits per heavy atom. The van der Waals surface area contributed by atoms with E-state index in [-0.39, 0.29) is 21.1 Å². The second-order valence-electron chi connectivity index (χ2n) is 9.28. The molecule has 0 aliphatic carbocycles. The number of para-hydroxylation sites is 3. The molecule has 1 aliphatic heterocycles. The average molecular weight is 672 g/mol. The van der Waals surface area contributed by atoms with E-state index in [1.807, 2.05) is 48.7 Å². The Morgan fingerprint density at radius 2 is 1.53 bits per heavy atom. The van der Waals surface area contributed by atoms with Crippen molar-refractivity contribution in [3.8, 4) is 28.7 Å². The summed E-state index contributed by atoms with van der Waals surface area (Å²) in [6.07, 6.45) is 2.76. The SMILES string of the molecule is [Pt+2].[c-]1c(Oc2[c-]c3c(cc2)c2ccccc2n3-c2ccccn2)ccc2c1-c1nc3ccccc3n1CC2. The van der Waals surface area contributed by atoms with Gasteiger partial charge < -0.3 is 13.9 Å². The van der Waals surface area contributed by atoms with E-state index < -0.39 is 0 Å². The minimum absolute atomic E-state index is 0. The smallest absolute Gasteiger partial charge is 0.503 e. The summed E-state index contributed by atoms with van der Waals surface area (Å²) in [5.41, 5.74) is 6.42. The van der Waals surface area contributed by atoms with E-state index in [1.54, 1.807) is 0 Å². The first kappa shape index (κ1) is 22.9. The van der Waals surface area contributed by atoms with Crippen molar-refractivity contribution in [3.63, 3.8) is 0 Å². The number of ether oxygens (including phenoxy) is 1. The zero-order valence-electron chi connectivity index (χ0n) is 20.2. The van der Waals surface area contributed by atoms with E-state index >= 15 is 0 Å². The second kappa shape index (κ2) is 8.97. The van der Waals surface area contributed by atoms with Crippen LogP contribution in [0.15, 0.2) is 97.2 Å². The van der Waals surface area contributed by atoms with Gasteiger partial charge in [0.15, 0.2) is 0 Å².